The molecule has 9 nitrogen and oxygen atoms in total. The Labute approximate surface area is 207 Å². The molecule has 34 heavy (non-hydrogen) atoms. The van der Waals surface area contributed by atoms with E-state index in [0.29, 0.717) is 17.7 Å². The van der Waals surface area contributed by atoms with Gasteiger partial charge in [0.05, 0.1) is 17.6 Å². The van der Waals surface area contributed by atoms with Crippen LogP contribution in [-0.2, 0) is 16.1 Å². The Morgan fingerprint density at radius 2 is 1.76 bits per heavy atom. The molecule has 4 heterocycles. The molecule has 0 spiro atoms. The summed E-state index contributed by atoms with van der Waals surface area (Å²) < 4.78 is 0. The van der Waals surface area contributed by atoms with Gasteiger partial charge in [0.25, 0.3) is 0 Å². The fraction of sp³-hybridized carbons (Fsp3) is 0.522. The first-order valence-corrected chi connectivity index (χ1v) is 12.4. The number of rotatable bonds is 4. The average Bonchev–Trinajstić information content (AvgIpc) is 3.51. The Balaban J connectivity index is 0.000000868. The molecule has 2 atom stereocenters. The Hall–Kier alpha value is -2.81. The van der Waals surface area contributed by atoms with Crippen LogP contribution in [0.3, 0.4) is 0 Å². The molecule has 3 aromatic rings. The molecule has 180 valence electrons. The van der Waals surface area contributed by atoms with Crippen LogP contribution in [0.5, 0.6) is 0 Å². The second-order valence-electron chi connectivity index (χ2n) is 10.1. The van der Waals surface area contributed by atoms with Crippen molar-refractivity contribution in [1.82, 2.24) is 25.2 Å². The first-order chi connectivity index (χ1) is 16.2. The minimum Gasteiger partial charge on any atom is -0.371 e. The van der Waals surface area contributed by atoms with Gasteiger partial charge in [-0.1, -0.05) is 49.8 Å². The maximum absolute atomic E-state index is 8.12. The van der Waals surface area contributed by atoms with Gasteiger partial charge in [-0.05, 0) is 35.2 Å². The number of halogens is 1. The highest BCUT2D eigenvalue weighted by Gasteiger charge is 2.41. The molecule has 0 radical (unpaired) electrons. The summed E-state index contributed by atoms with van der Waals surface area (Å²) >= 11 is 7.91. The maximum atomic E-state index is 8.12. The molecule has 11 heteroatoms. The number of nitrogens with zero attached hydrogens (tertiary/aromatic N) is 7. The van der Waals surface area contributed by atoms with E-state index in [0.717, 1.165) is 47.8 Å². The predicted molar refractivity (Wildman–Crippen MR) is 131 cm³/mol. The van der Waals surface area contributed by atoms with Crippen LogP contribution in [-0.4, -0.2) is 57.5 Å². The van der Waals surface area contributed by atoms with Gasteiger partial charge >= 0.3 is 6.15 Å². The lowest BCUT2D eigenvalue weighted by atomic mass is 9.97. The van der Waals surface area contributed by atoms with Crippen molar-refractivity contribution in [2.75, 3.05) is 36.0 Å². The topological polar surface area (TPSA) is 97.1 Å². The van der Waals surface area contributed by atoms with E-state index in [4.69, 9.17) is 21.2 Å². The number of anilines is 2. The number of tetrazole rings is 1. The summed E-state index contributed by atoms with van der Waals surface area (Å²) in [5.74, 6) is 1.96. The highest BCUT2D eigenvalue weighted by Crippen LogP contribution is 2.39. The van der Waals surface area contributed by atoms with Crippen molar-refractivity contribution in [2.45, 2.75) is 34.2 Å². The van der Waals surface area contributed by atoms with Crippen LogP contribution >= 0.6 is 22.9 Å². The summed E-state index contributed by atoms with van der Waals surface area (Å²) in [6.07, 6.45) is 2.13. The van der Waals surface area contributed by atoms with Gasteiger partial charge in [0, 0.05) is 48.7 Å². The number of hydrogen-bond acceptors (Lipinski definition) is 9. The summed E-state index contributed by atoms with van der Waals surface area (Å²) in [4.78, 5) is 28.5. The first-order valence-electron chi connectivity index (χ1n) is 11.2. The Kier molecular flexibility index (Phi) is 7.02. The maximum Gasteiger partial charge on any atom is 0.373 e. The quantitative estimate of drug-likeness (QED) is 0.532. The lowest BCUT2D eigenvalue weighted by molar-refractivity contribution is -0.191. The standard InChI is InChI=1S/C22H28ClN7S.CO2/c1-14-5-6-17(23)7-18(14)28-9-15-11-29(12-16(15)10-28)21-24-8-19(31-21)20-25-27-30(26-20)13-22(2,3)4;2-1-3/h5-8,15-16H,9-13H2,1-4H3;. The van der Waals surface area contributed by atoms with Crippen molar-refractivity contribution in [1.29, 1.82) is 0 Å². The highest BCUT2D eigenvalue weighted by molar-refractivity contribution is 7.18. The molecule has 2 aliphatic rings. The number of hydrogen-bond donors (Lipinski definition) is 0. The van der Waals surface area contributed by atoms with E-state index in [-0.39, 0.29) is 11.6 Å². The fourth-order valence-electron chi connectivity index (χ4n) is 4.62. The van der Waals surface area contributed by atoms with Crippen molar-refractivity contribution >= 4 is 39.9 Å². The minimum absolute atomic E-state index is 0.113. The van der Waals surface area contributed by atoms with Crippen LogP contribution in [0.1, 0.15) is 26.3 Å². The van der Waals surface area contributed by atoms with Crippen LogP contribution in [0, 0.1) is 24.2 Å². The minimum atomic E-state index is 0.113. The van der Waals surface area contributed by atoms with Crippen LogP contribution in [0.25, 0.3) is 10.7 Å². The molecular formula is C23H28ClN7O2S. The van der Waals surface area contributed by atoms with Crippen molar-refractivity contribution in [2.24, 2.45) is 17.3 Å². The Morgan fingerprint density at radius 3 is 2.41 bits per heavy atom. The monoisotopic (exact) mass is 501 g/mol. The molecule has 2 aromatic heterocycles. The van der Waals surface area contributed by atoms with Crippen molar-refractivity contribution < 1.29 is 9.59 Å². The molecule has 5 rings (SSSR count). The molecule has 0 aliphatic carbocycles. The van der Waals surface area contributed by atoms with Crippen LogP contribution < -0.4 is 9.80 Å². The normalized spacial score (nSPS) is 19.6. The van der Waals surface area contributed by atoms with E-state index in [1.54, 1.807) is 16.1 Å². The number of carbonyl (C=O) groups excluding carboxylic acids is 2. The van der Waals surface area contributed by atoms with Gasteiger partial charge in [-0.2, -0.15) is 14.4 Å². The predicted octanol–water partition coefficient (Wildman–Crippen LogP) is 3.79. The summed E-state index contributed by atoms with van der Waals surface area (Å²) in [6.45, 7) is 13.6. The average molecular weight is 502 g/mol. The summed E-state index contributed by atoms with van der Waals surface area (Å²) in [6, 6.07) is 6.18. The third-order valence-corrected chi connectivity index (χ3v) is 7.34. The third-order valence-electron chi connectivity index (χ3n) is 6.05. The molecular weight excluding hydrogens is 474 g/mol. The SMILES string of the molecule is Cc1ccc(Cl)cc1N1CC2CN(c3ncc(-c4nnn(CC(C)(C)C)n4)s3)CC2C1.O=C=O. The number of aromatic nitrogens is 5. The molecule has 0 N–H and O–H groups in total. The zero-order chi connectivity index (χ0) is 24.5. The summed E-state index contributed by atoms with van der Waals surface area (Å²) in [7, 11) is 0. The first kappa shape index (κ1) is 24.3. The summed E-state index contributed by atoms with van der Waals surface area (Å²) in [5, 5.41) is 14.9. The second kappa shape index (κ2) is 9.82. The van der Waals surface area contributed by atoms with E-state index < -0.39 is 0 Å². The van der Waals surface area contributed by atoms with Crippen LogP contribution in [0.2, 0.25) is 5.02 Å². The van der Waals surface area contributed by atoms with E-state index >= 15 is 0 Å². The van der Waals surface area contributed by atoms with Gasteiger partial charge in [0.15, 0.2) is 5.13 Å². The van der Waals surface area contributed by atoms with Gasteiger partial charge < -0.3 is 9.80 Å². The molecule has 0 bridgehead atoms. The molecule has 2 unspecified atom stereocenters. The van der Waals surface area contributed by atoms with Gasteiger partial charge in [-0.3, -0.25) is 0 Å². The molecule has 2 aliphatic heterocycles. The molecule has 0 saturated carbocycles. The lowest BCUT2D eigenvalue weighted by Gasteiger charge is -2.24. The van der Waals surface area contributed by atoms with E-state index in [1.807, 2.05) is 12.3 Å². The van der Waals surface area contributed by atoms with Crippen LogP contribution in [0.15, 0.2) is 24.4 Å². The molecule has 0 amide bonds. The molecule has 1 aromatic carbocycles. The van der Waals surface area contributed by atoms with Gasteiger partial charge in [-0.15, -0.1) is 10.2 Å². The van der Waals surface area contributed by atoms with Gasteiger partial charge in [-0.25, -0.2) is 4.98 Å². The fourth-order valence-corrected chi connectivity index (χ4v) is 5.64. The second-order valence-corrected chi connectivity index (χ2v) is 11.5. The highest BCUT2D eigenvalue weighted by atomic mass is 35.5. The Morgan fingerprint density at radius 1 is 1.12 bits per heavy atom. The zero-order valence-electron chi connectivity index (χ0n) is 19.7. The van der Waals surface area contributed by atoms with E-state index in [2.05, 4.69) is 70.0 Å². The molecule has 2 fully saturated rings. The van der Waals surface area contributed by atoms with Crippen LogP contribution in [0.4, 0.5) is 10.8 Å². The number of aryl methyl sites for hydroxylation is 1. The lowest BCUT2D eigenvalue weighted by Crippen LogP contribution is -2.29. The van der Waals surface area contributed by atoms with E-state index in [1.165, 1.54) is 11.3 Å². The largest absolute Gasteiger partial charge is 0.373 e. The van der Waals surface area contributed by atoms with Gasteiger partial charge in [0.2, 0.25) is 5.82 Å². The number of benzene rings is 1. The van der Waals surface area contributed by atoms with Crippen molar-refractivity contribution in [3.05, 3.63) is 35.0 Å². The third kappa shape index (κ3) is 5.46. The van der Waals surface area contributed by atoms with Crippen molar-refractivity contribution in [3.63, 3.8) is 0 Å². The molecule has 2 saturated heterocycles. The zero-order valence-corrected chi connectivity index (χ0v) is 21.3. The number of fused-ring (bicyclic) bond motifs is 1. The summed E-state index contributed by atoms with van der Waals surface area (Å²) in [5.41, 5.74) is 2.67. The van der Waals surface area contributed by atoms with E-state index in [9.17, 15) is 0 Å². The smallest absolute Gasteiger partial charge is 0.371 e. The van der Waals surface area contributed by atoms with Crippen molar-refractivity contribution in [3.8, 4) is 10.7 Å². The number of thiazole rings is 1. The van der Waals surface area contributed by atoms with Gasteiger partial charge in [0.1, 0.15) is 0 Å². The Bertz CT molecular complexity index is 1170.